The number of nitrogens with two attached hydrogens (primary N) is 2. The smallest absolute Gasteiger partial charge is 0.386 e. The van der Waals surface area contributed by atoms with Crippen molar-refractivity contribution in [1.82, 2.24) is 34.1 Å². The molecule has 0 saturated carbocycles. The number of nitrogens with zero attached hydrogens (tertiary/aromatic N) is 6. The van der Waals surface area contributed by atoms with Crippen LogP contribution in [0.2, 0.25) is 0 Å². The first-order valence-corrected chi connectivity index (χ1v) is 18.2. The first-order chi connectivity index (χ1) is 21.0. The first-order valence-electron chi connectivity index (χ1n) is 12.9. The van der Waals surface area contributed by atoms with Crippen LogP contribution in [0, 0.1) is 0 Å². The number of aliphatic hydroxyl groups is 1. The van der Waals surface area contributed by atoms with E-state index in [1.807, 2.05) is 0 Å². The number of ether oxygens (including phenoxy) is 2. The summed E-state index contributed by atoms with van der Waals surface area (Å²) in [6.45, 7) is -5.59. The van der Waals surface area contributed by atoms with Gasteiger partial charge in [-0.2, -0.15) is 4.98 Å². The zero-order valence-electron chi connectivity index (χ0n) is 22.2. The van der Waals surface area contributed by atoms with Gasteiger partial charge >= 0.3 is 6.80 Å². The Hall–Kier alpha value is -2.58. The maximum absolute atomic E-state index is 15.4. The van der Waals surface area contributed by atoms with Crippen LogP contribution in [0.1, 0.15) is 18.9 Å². The second-order valence-electron chi connectivity index (χ2n) is 9.81. The van der Waals surface area contributed by atoms with Crippen molar-refractivity contribution in [3.05, 3.63) is 35.3 Å². The number of thiol groups is 2. The van der Waals surface area contributed by atoms with Gasteiger partial charge in [0.05, 0.1) is 31.0 Å². The largest absolute Gasteiger partial charge is 0.394 e. The van der Waals surface area contributed by atoms with Crippen molar-refractivity contribution >= 4 is 72.5 Å². The molecule has 0 radical (unpaired) electrons. The average Bonchev–Trinajstić information content (AvgIpc) is 3.73. The number of aliphatic hydroxyl groups excluding tert-OH is 1. The second kappa shape index (κ2) is 12.3. The quantitative estimate of drug-likeness (QED) is 0.101. The predicted molar refractivity (Wildman–Crippen MR) is 159 cm³/mol. The molecule has 2 fully saturated rings. The maximum atomic E-state index is 15.4. The minimum absolute atomic E-state index is 0.0671. The molecule has 2 aliphatic heterocycles. The van der Waals surface area contributed by atoms with Gasteiger partial charge in [-0.05, 0) is 6.07 Å². The normalized spacial score (nSPS) is 29.4. The fourth-order valence-corrected chi connectivity index (χ4v) is 7.52. The number of fused-ring (bicyclic) bond motifs is 2. The molecule has 6 heterocycles. The Balaban J connectivity index is 1.20. The van der Waals surface area contributed by atoms with E-state index in [1.54, 1.807) is 16.8 Å². The highest BCUT2D eigenvalue weighted by molar-refractivity contribution is 8.44. The van der Waals surface area contributed by atoms with Crippen LogP contribution in [0.15, 0.2) is 29.7 Å². The summed E-state index contributed by atoms with van der Waals surface area (Å²) in [5, 5.41) is 10.3. The SMILES string of the molecule is Nc1nc2c(ncn2[C@@H]2O[C@H](CO)[C@@H](F)[C@H]2OP(=O)(S)OC[C@H]2O[C@@H](n3ccc4c(N)ncnc43)C[C@@H]2O[PH](=O)S)c(=O)[nH]1. The summed E-state index contributed by atoms with van der Waals surface area (Å²) in [5.41, 5.74) is 11.2. The first kappa shape index (κ1) is 31.4. The third kappa shape index (κ3) is 6.01. The van der Waals surface area contributed by atoms with Gasteiger partial charge in [-0.15, -0.1) is 0 Å². The van der Waals surface area contributed by atoms with Gasteiger partial charge in [0, 0.05) is 12.6 Å². The summed E-state index contributed by atoms with van der Waals surface area (Å²) in [7, 11) is -2.74. The second-order valence-corrected chi connectivity index (χ2v) is 14.5. The molecule has 6 N–H and O–H groups in total. The third-order valence-corrected chi connectivity index (χ3v) is 9.54. The monoisotopic (exact) mass is 693 g/mol. The molecular weight excluding hydrogens is 667 g/mol. The molecule has 2 aliphatic rings. The highest BCUT2D eigenvalue weighted by Gasteiger charge is 2.50. The van der Waals surface area contributed by atoms with Crippen molar-refractivity contribution in [2.75, 3.05) is 24.7 Å². The lowest BCUT2D eigenvalue weighted by molar-refractivity contribution is -0.0508. The van der Waals surface area contributed by atoms with Crippen LogP contribution in [-0.4, -0.2) is 83.0 Å². The molecule has 9 atom stereocenters. The molecular formula is C21H26FN9O9P2S2. The van der Waals surface area contributed by atoms with E-state index >= 15 is 4.39 Å². The van der Waals surface area contributed by atoms with Crippen molar-refractivity contribution < 1.29 is 41.7 Å². The van der Waals surface area contributed by atoms with Gasteiger partial charge in [-0.1, -0.05) is 24.5 Å². The van der Waals surface area contributed by atoms with Gasteiger partial charge in [0.15, 0.2) is 23.6 Å². The summed E-state index contributed by atoms with van der Waals surface area (Å²) in [6, 6.07) is 1.71. The van der Waals surface area contributed by atoms with E-state index in [0.29, 0.717) is 11.0 Å². The molecule has 4 aromatic heterocycles. The molecule has 2 saturated heterocycles. The highest BCUT2D eigenvalue weighted by Crippen LogP contribution is 2.57. The van der Waals surface area contributed by atoms with Gasteiger partial charge in [-0.25, -0.2) is 23.9 Å². The van der Waals surface area contributed by atoms with E-state index in [2.05, 4.69) is 49.4 Å². The number of imidazole rings is 1. The number of halogens is 1. The maximum Gasteiger partial charge on any atom is 0.386 e. The zero-order valence-corrected chi connectivity index (χ0v) is 25.9. The van der Waals surface area contributed by atoms with Crippen molar-refractivity contribution in [3.63, 3.8) is 0 Å². The summed E-state index contributed by atoms with van der Waals surface area (Å²) in [4.78, 5) is 30.7. The molecule has 18 nitrogen and oxygen atoms in total. The number of aromatic amines is 1. The van der Waals surface area contributed by atoms with E-state index in [4.69, 9.17) is 34.5 Å². The van der Waals surface area contributed by atoms with E-state index in [0.717, 1.165) is 6.33 Å². The van der Waals surface area contributed by atoms with Crippen molar-refractivity contribution in [2.24, 2.45) is 0 Å². The molecule has 6 rings (SSSR count). The van der Waals surface area contributed by atoms with Crippen LogP contribution in [0.5, 0.6) is 0 Å². The third-order valence-electron chi connectivity index (χ3n) is 7.11. The number of alkyl halides is 1. The molecule has 4 aromatic rings. The van der Waals surface area contributed by atoms with Crippen molar-refractivity contribution in [3.8, 4) is 0 Å². The summed E-state index contributed by atoms with van der Waals surface area (Å²) >= 11 is 7.90. The minimum atomic E-state index is -4.40. The summed E-state index contributed by atoms with van der Waals surface area (Å²) in [6.07, 6.45) is -4.61. The molecule has 238 valence electrons. The Kier molecular flexibility index (Phi) is 8.79. The molecule has 0 spiro atoms. The van der Waals surface area contributed by atoms with Crippen LogP contribution in [0.25, 0.3) is 22.2 Å². The molecule has 0 aliphatic carbocycles. The lowest BCUT2D eigenvalue weighted by Crippen LogP contribution is -2.32. The fraction of sp³-hybridized carbons (Fsp3) is 0.476. The summed E-state index contributed by atoms with van der Waals surface area (Å²) in [5.74, 6) is 0.0317. The number of rotatable bonds is 10. The van der Waals surface area contributed by atoms with Gasteiger partial charge in [0.25, 0.3) is 5.56 Å². The Morgan fingerprint density at radius 2 is 2.02 bits per heavy atom. The molecule has 0 bridgehead atoms. The standard InChI is InChI=1S/C21H26FN9O9P2S2/c22-13-10(4-32)38-20(31-7-27-14-18(31)28-21(24)29-19(14)33)15(13)40-42(35,44)36-5-11-9(39-41(34)43)3-12(37-11)30-2-1-8-16(23)25-6-26-17(8)30/h1-2,6-7,9-13,15,20,32,41H,3-5H2,(H,34,43)(H,35,44)(H2,23,25,26)(H3,24,28,29,33)/t9-,10+,11+,12+,13+,15+,20+,42?/m0/s1. The fourth-order valence-electron chi connectivity index (χ4n) is 5.16. The van der Waals surface area contributed by atoms with Crippen molar-refractivity contribution in [1.29, 1.82) is 0 Å². The number of H-pyrrole nitrogens is 1. The van der Waals surface area contributed by atoms with E-state index in [-0.39, 0.29) is 29.4 Å². The van der Waals surface area contributed by atoms with Crippen LogP contribution >= 0.6 is 38.5 Å². The van der Waals surface area contributed by atoms with Crippen LogP contribution in [-0.2, 0) is 32.2 Å². The Bertz CT molecular complexity index is 1830. The topological polar surface area (TPSA) is 247 Å². The Labute approximate surface area is 257 Å². The van der Waals surface area contributed by atoms with E-state index < -0.39 is 75.8 Å². The van der Waals surface area contributed by atoms with Gasteiger partial charge in [-0.3, -0.25) is 28.0 Å². The van der Waals surface area contributed by atoms with Crippen LogP contribution in [0.3, 0.4) is 0 Å². The number of hydrogen-bond acceptors (Lipinski definition) is 15. The zero-order chi connectivity index (χ0) is 31.3. The number of aromatic nitrogens is 7. The Morgan fingerprint density at radius 1 is 1.23 bits per heavy atom. The number of nitrogens with one attached hydrogen (secondary N) is 1. The van der Waals surface area contributed by atoms with Gasteiger partial charge in [0.1, 0.15) is 42.3 Å². The van der Waals surface area contributed by atoms with Crippen LogP contribution in [0.4, 0.5) is 16.2 Å². The minimum Gasteiger partial charge on any atom is -0.394 e. The summed E-state index contributed by atoms with van der Waals surface area (Å²) < 4.78 is 71.8. The molecule has 44 heavy (non-hydrogen) atoms. The number of nitrogen functional groups attached to an aromatic ring is 2. The number of hydrogen-bond donors (Lipinski definition) is 6. The molecule has 23 heteroatoms. The van der Waals surface area contributed by atoms with Crippen molar-refractivity contribution in [2.45, 2.75) is 49.5 Å². The Morgan fingerprint density at radius 3 is 2.77 bits per heavy atom. The molecule has 0 aromatic carbocycles. The van der Waals surface area contributed by atoms with Gasteiger partial charge < -0.3 is 35.1 Å². The lowest BCUT2D eigenvalue weighted by Gasteiger charge is -2.25. The number of anilines is 2. The van der Waals surface area contributed by atoms with E-state index in [1.165, 1.54) is 10.9 Å². The van der Waals surface area contributed by atoms with Gasteiger partial charge in [0.2, 0.25) is 13.2 Å². The van der Waals surface area contributed by atoms with E-state index in [9.17, 15) is 19.0 Å². The molecule has 0 amide bonds. The van der Waals surface area contributed by atoms with Crippen LogP contribution < -0.4 is 17.0 Å². The molecule has 2 unspecified atom stereocenters. The lowest BCUT2D eigenvalue weighted by atomic mass is 10.1. The highest BCUT2D eigenvalue weighted by atomic mass is 32.7. The average molecular weight is 694 g/mol. The predicted octanol–water partition coefficient (Wildman–Crippen LogP) is 1.39.